The van der Waals surface area contributed by atoms with Crippen molar-refractivity contribution in [2.45, 2.75) is 13.0 Å². The Hall–Kier alpha value is -1.87. The molecule has 0 saturated heterocycles. The molecule has 3 nitrogen and oxygen atoms in total. The van der Waals surface area contributed by atoms with Crippen molar-refractivity contribution in [3.63, 3.8) is 0 Å². The molecule has 1 aromatic carbocycles. The molecular formula is C15H18O3. The lowest BCUT2D eigenvalue weighted by Crippen LogP contribution is -2.17. The van der Waals surface area contributed by atoms with E-state index >= 15 is 0 Å². The van der Waals surface area contributed by atoms with Crippen LogP contribution >= 0.6 is 0 Å². The van der Waals surface area contributed by atoms with Crippen LogP contribution in [0.15, 0.2) is 49.1 Å². The van der Waals surface area contributed by atoms with Crippen LogP contribution in [0, 0.1) is 0 Å². The summed E-state index contributed by atoms with van der Waals surface area (Å²) >= 11 is 0. The number of hydrogen-bond acceptors (Lipinski definition) is 3. The molecule has 0 spiro atoms. The minimum atomic E-state index is -0.373. The molecule has 0 saturated carbocycles. The van der Waals surface area contributed by atoms with E-state index in [1.165, 1.54) is 0 Å². The fourth-order valence-corrected chi connectivity index (χ4v) is 1.32. The monoisotopic (exact) mass is 246 g/mol. The number of hydrogen-bond donors (Lipinski definition) is 0. The maximum Gasteiger partial charge on any atom is 0.332 e. The molecule has 1 aromatic rings. The first-order valence-electron chi connectivity index (χ1n) is 5.83. The lowest BCUT2D eigenvalue weighted by Gasteiger charge is -2.08. The van der Waals surface area contributed by atoms with Crippen molar-refractivity contribution in [3.8, 4) is 0 Å². The largest absolute Gasteiger partial charge is 0.457 e. The van der Waals surface area contributed by atoms with E-state index in [1.807, 2.05) is 49.4 Å². The molecule has 0 radical (unpaired) electrons. The molecule has 0 N–H and O–H groups in total. The van der Waals surface area contributed by atoms with Gasteiger partial charge in [0.2, 0.25) is 0 Å². The number of benzene rings is 1. The highest BCUT2D eigenvalue weighted by Gasteiger charge is 2.06. The van der Waals surface area contributed by atoms with Crippen molar-refractivity contribution in [1.29, 1.82) is 0 Å². The smallest absolute Gasteiger partial charge is 0.332 e. The van der Waals surface area contributed by atoms with Crippen molar-refractivity contribution in [2.24, 2.45) is 0 Å². The quantitative estimate of drug-likeness (QED) is 0.421. The van der Waals surface area contributed by atoms with Crippen LogP contribution in [0.2, 0.25) is 0 Å². The molecule has 0 unspecified atom stereocenters. The Morgan fingerprint density at radius 3 is 2.78 bits per heavy atom. The summed E-state index contributed by atoms with van der Waals surface area (Å²) in [5.74, 6) is -0.373. The highest BCUT2D eigenvalue weighted by atomic mass is 16.6. The fourth-order valence-electron chi connectivity index (χ4n) is 1.32. The summed E-state index contributed by atoms with van der Waals surface area (Å²) in [7, 11) is 0. The van der Waals surface area contributed by atoms with Gasteiger partial charge in [0.25, 0.3) is 0 Å². The molecule has 0 fully saturated rings. The third kappa shape index (κ3) is 6.01. The normalized spacial score (nSPS) is 12.3. The summed E-state index contributed by atoms with van der Waals surface area (Å²) in [5.41, 5.74) is 1.07. The first-order valence-corrected chi connectivity index (χ1v) is 5.83. The second-order valence-electron chi connectivity index (χ2n) is 3.77. The lowest BCUT2D eigenvalue weighted by atomic mass is 10.2. The van der Waals surface area contributed by atoms with Gasteiger partial charge in [-0.2, -0.15) is 0 Å². The van der Waals surface area contributed by atoms with Crippen LogP contribution in [0.25, 0.3) is 6.08 Å². The molecule has 18 heavy (non-hydrogen) atoms. The second-order valence-corrected chi connectivity index (χ2v) is 3.77. The van der Waals surface area contributed by atoms with E-state index in [9.17, 15) is 4.79 Å². The Bertz CT molecular complexity index is 395. The Morgan fingerprint density at radius 1 is 1.39 bits per heavy atom. The molecule has 0 bridgehead atoms. The first kappa shape index (κ1) is 14.2. The van der Waals surface area contributed by atoms with Crippen LogP contribution in [0.1, 0.15) is 12.5 Å². The first-order chi connectivity index (χ1) is 8.72. The van der Waals surface area contributed by atoms with E-state index in [0.717, 1.165) is 5.56 Å². The van der Waals surface area contributed by atoms with Gasteiger partial charge in [0.05, 0.1) is 6.61 Å². The molecule has 96 valence electrons. The average Bonchev–Trinajstić information content (AvgIpc) is 2.38. The van der Waals surface area contributed by atoms with Crippen LogP contribution in [0.4, 0.5) is 0 Å². The summed E-state index contributed by atoms with van der Waals surface area (Å²) < 4.78 is 10.1. The van der Waals surface area contributed by atoms with Crippen molar-refractivity contribution in [3.05, 3.63) is 54.6 Å². The summed E-state index contributed by atoms with van der Waals surface area (Å²) in [6.45, 7) is 5.61. The zero-order valence-corrected chi connectivity index (χ0v) is 10.5. The van der Waals surface area contributed by atoms with Crippen LogP contribution in [-0.4, -0.2) is 25.3 Å². The SMILES string of the molecule is C=CCOCC(=O)O[C@@H](C)/C=C/c1ccccc1. The van der Waals surface area contributed by atoms with Gasteiger partial charge in [0.1, 0.15) is 12.7 Å². The predicted octanol–water partition coefficient (Wildman–Crippen LogP) is 2.83. The fraction of sp³-hybridized carbons (Fsp3) is 0.267. The average molecular weight is 246 g/mol. The zero-order valence-electron chi connectivity index (χ0n) is 10.5. The van der Waals surface area contributed by atoms with Crippen LogP contribution in [0.5, 0.6) is 0 Å². The van der Waals surface area contributed by atoms with Crippen molar-refractivity contribution in [2.75, 3.05) is 13.2 Å². The summed E-state index contributed by atoms with van der Waals surface area (Å²) in [6, 6.07) is 9.84. The highest BCUT2D eigenvalue weighted by molar-refractivity contribution is 5.71. The van der Waals surface area contributed by atoms with Crippen LogP contribution < -0.4 is 0 Å². The summed E-state index contributed by atoms with van der Waals surface area (Å²) in [6.07, 6.45) is 5.07. The molecule has 1 atom stereocenters. The number of carbonyl (C=O) groups excluding carboxylic acids is 1. The molecule has 0 aliphatic heterocycles. The Labute approximate surface area is 108 Å². The van der Waals surface area contributed by atoms with Gasteiger partial charge in [0.15, 0.2) is 0 Å². The van der Waals surface area contributed by atoms with Gasteiger partial charge in [-0.05, 0) is 18.6 Å². The molecule has 1 rings (SSSR count). The number of esters is 1. The molecule has 0 heterocycles. The molecule has 3 heteroatoms. The molecule has 0 amide bonds. The Balaban J connectivity index is 2.32. The maximum absolute atomic E-state index is 11.3. The molecular weight excluding hydrogens is 228 g/mol. The topological polar surface area (TPSA) is 35.5 Å². The van der Waals surface area contributed by atoms with E-state index in [-0.39, 0.29) is 18.7 Å². The van der Waals surface area contributed by atoms with Crippen molar-refractivity contribution in [1.82, 2.24) is 0 Å². The molecule has 0 aromatic heterocycles. The van der Waals surface area contributed by atoms with Gasteiger partial charge >= 0.3 is 5.97 Å². The molecule has 0 aliphatic carbocycles. The maximum atomic E-state index is 11.3. The number of rotatable bonds is 7. The van der Waals surface area contributed by atoms with E-state index in [0.29, 0.717) is 6.61 Å². The summed E-state index contributed by atoms with van der Waals surface area (Å²) in [5, 5.41) is 0. The number of ether oxygens (including phenoxy) is 2. The highest BCUT2D eigenvalue weighted by Crippen LogP contribution is 2.03. The third-order valence-electron chi connectivity index (χ3n) is 2.13. The third-order valence-corrected chi connectivity index (χ3v) is 2.13. The van der Waals surface area contributed by atoms with Gasteiger partial charge in [0, 0.05) is 0 Å². The van der Waals surface area contributed by atoms with Crippen molar-refractivity contribution < 1.29 is 14.3 Å². The van der Waals surface area contributed by atoms with Gasteiger partial charge in [-0.1, -0.05) is 42.5 Å². The Kier molecular flexibility index (Phi) is 6.51. The number of carbonyl (C=O) groups is 1. The minimum absolute atomic E-state index is 0.0461. The zero-order chi connectivity index (χ0) is 13.2. The second kappa shape index (κ2) is 8.25. The van der Waals surface area contributed by atoms with E-state index < -0.39 is 0 Å². The van der Waals surface area contributed by atoms with E-state index in [1.54, 1.807) is 6.08 Å². The van der Waals surface area contributed by atoms with E-state index in [4.69, 9.17) is 9.47 Å². The van der Waals surface area contributed by atoms with Crippen molar-refractivity contribution >= 4 is 12.0 Å². The summed E-state index contributed by atoms with van der Waals surface area (Å²) in [4.78, 5) is 11.3. The van der Waals surface area contributed by atoms with Gasteiger partial charge < -0.3 is 9.47 Å². The van der Waals surface area contributed by atoms with Crippen LogP contribution in [0.3, 0.4) is 0 Å². The molecule has 0 aliphatic rings. The van der Waals surface area contributed by atoms with Gasteiger partial charge in [-0.15, -0.1) is 6.58 Å². The van der Waals surface area contributed by atoms with Gasteiger partial charge in [-0.3, -0.25) is 0 Å². The predicted molar refractivity (Wildman–Crippen MR) is 72.0 cm³/mol. The van der Waals surface area contributed by atoms with Crippen LogP contribution in [-0.2, 0) is 14.3 Å². The Morgan fingerprint density at radius 2 is 2.11 bits per heavy atom. The minimum Gasteiger partial charge on any atom is -0.457 e. The van der Waals surface area contributed by atoms with E-state index in [2.05, 4.69) is 6.58 Å². The lowest BCUT2D eigenvalue weighted by molar-refractivity contribution is -0.151. The standard InChI is InChI=1S/C15H18O3/c1-3-11-17-12-15(16)18-13(2)9-10-14-7-5-4-6-8-14/h3-10,13H,1,11-12H2,2H3/b10-9+/t13-/m0/s1. The van der Waals surface area contributed by atoms with Gasteiger partial charge in [-0.25, -0.2) is 4.79 Å².